The van der Waals surface area contributed by atoms with E-state index in [1.165, 1.54) is 10.6 Å². The summed E-state index contributed by atoms with van der Waals surface area (Å²) in [6, 6.07) is 16.2. The predicted molar refractivity (Wildman–Crippen MR) is 122 cm³/mol. The molecule has 1 aromatic carbocycles. The van der Waals surface area contributed by atoms with E-state index >= 15 is 0 Å². The fourth-order valence-corrected chi connectivity index (χ4v) is 5.05. The number of pyridine rings is 1. The second-order valence-corrected chi connectivity index (χ2v) is 8.95. The maximum atomic E-state index is 13.1. The summed E-state index contributed by atoms with van der Waals surface area (Å²) in [5, 5.41) is 0. The Morgan fingerprint density at radius 2 is 1.72 bits per heavy atom. The molecular formula is C25H26N4O3. The molecule has 2 aliphatic heterocycles. The van der Waals surface area contributed by atoms with Crippen LogP contribution in [0.3, 0.4) is 0 Å². The summed E-state index contributed by atoms with van der Waals surface area (Å²) in [6.07, 6.45) is 3.33. The van der Waals surface area contributed by atoms with E-state index < -0.39 is 0 Å². The Morgan fingerprint density at radius 1 is 0.938 bits per heavy atom. The molecule has 1 amide bonds. The van der Waals surface area contributed by atoms with Crippen molar-refractivity contribution >= 4 is 5.91 Å². The average molecular weight is 431 g/mol. The summed E-state index contributed by atoms with van der Waals surface area (Å²) in [6.45, 7) is 1.92. The second kappa shape index (κ2) is 7.89. The molecule has 1 unspecified atom stereocenters. The minimum atomic E-state index is -0.186. The lowest BCUT2D eigenvalue weighted by molar-refractivity contribution is 0.0756. The van der Waals surface area contributed by atoms with Crippen molar-refractivity contribution in [2.24, 2.45) is 12.5 Å². The van der Waals surface area contributed by atoms with E-state index in [0.29, 0.717) is 37.4 Å². The number of hydrogen-bond donors (Lipinski definition) is 0. The Balaban J connectivity index is 1.37. The van der Waals surface area contributed by atoms with Crippen LogP contribution in [0.15, 0.2) is 64.2 Å². The molecule has 164 valence electrons. The maximum Gasteiger partial charge on any atom is 0.270 e. The first-order valence-electron chi connectivity index (χ1n) is 11.1. The molecule has 1 atom stereocenters. The number of hydrogen-bond acceptors (Lipinski definition) is 4. The van der Waals surface area contributed by atoms with Gasteiger partial charge in [-0.25, -0.2) is 4.98 Å². The molecule has 1 spiro atoms. The molecule has 0 bridgehead atoms. The number of aryl methyl sites for hydroxylation is 1. The van der Waals surface area contributed by atoms with Crippen LogP contribution < -0.4 is 11.1 Å². The standard InChI is InChI=1S/C25H26N4O3/c1-27-20(8-5-9-22(27)30)24(32)28-14-12-25(17-28)11-10-21-26-19(18-6-3-2-4-7-18)16-23(31)29(21)15-13-25/h2-9,16H,10-15,17H2,1H3. The lowest BCUT2D eigenvalue weighted by Gasteiger charge is -2.27. The molecule has 2 aromatic heterocycles. The van der Waals surface area contributed by atoms with E-state index in [9.17, 15) is 14.4 Å². The van der Waals surface area contributed by atoms with Crippen molar-refractivity contribution in [3.8, 4) is 11.3 Å². The van der Waals surface area contributed by atoms with E-state index in [0.717, 1.165) is 30.7 Å². The third-order valence-electron chi connectivity index (χ3n) is 7.03. The smallest absolute Gasteiger partial charge is 0.270 e. The molecule has 0 N–H and O–H groups in total. The third kappa shape index (κ3) is 3.57. The fourth-order valence-electron chi connectivity index (χ4n) is 5.05. The average Bonchev–Trinajstić information content (AvgIpc) is 3.14. The molecule has 7 heteroatoms. The van der Waals surface area contributed by atoms with Gasteiger partial charge in [0.05, 0.1) is 5.69 Å². The number of aromatic nitrogens is 3. The van der Waals surface area contributed by atoms with Crippen molar-refractivity contribution in [1.29, 1.82) is 0 Å². The summed E-state index contributed by atoms with van der Waals surface area (Å²) in [5.41, 5.74) is 1.84. The van der Waals surface area contributed by atoms with Gasteiger partial charge in [0.25, 0.3) is 17.0 Å². The number of benzene rings is 1. The van der Waals surface area contributed by atoms with E-state index in [-0.39, 0.29) is 22.4 Å². The van der Waals surface area contributed by atoms with Gasteiger partial charge in [-0.15, -0.1) is 0 Å². The minimum Gasteiger partial charge on any atom is -0.337 e. The fraction of sp³-hybridized carbons (Fsp3) is 0.360. The highest BCUT2D eigenvalue weighted by atomic mass is 16.2. The third-order valence-corrected chi connectivity index (χ3v) is 7.03. The first kappa shape index (κ1) is 20.4. The highest BCUT2D eigenvalue weighted by Gasteiger charge is 2.41. The molecule has 4 heterocycles. The summed E-state index contributed by atoms with van der Waals surface area (Å²) >= 11 is 0. The van der Waals surface area contributed by atoms with Crippen molar-refractivity contribution in [1.82, 2.24) is 19.0 Å². The Hall–Kier alpha value is -3.48. The molecule has 3 aromatic rings. The van der Waals surface area contributed by atoms with Crippen LogP contribution in [0.25, 0.3) is 11.3 Å². The van der Waals surface area contributed by atoms with Crippen LogP contribution in [-0.4, -0.2) is 38.0 Å². The first-order chi connectivity index (χ1) is 15.5. The van der Waals surface area contributed by atoms with E-state index in [1.54, 1.807) is 29.8 Å². The molecule has 2 aliphatic rings. The normalized spacial score (nSPS) is 20.2. The van der Waals surface area contributed by atoms with Crippen molar-refractivity contribution in [2.75, 3.05) is 13.1 Å². The van der Waals surface area contributed by atoms with E-state index in [2.05, 4.69) is 0 Å². The molecule has 0 aliphatic carbocycles. The molecule has 5 rings (SSSR count). The maximum absolute atomic E-state index is 13.1. The van der Waals surface area contributed by atoms with Gasteiger partial charge in [-0.1, -0.05) is 36.4 Å². The van der Waals surface area contributed by atoms with Crippen LogP contribution in [0.2, 0.25) is 0 Å². The summed E-state index contributed by atoms with van der Waals surface area (Å²) in [4.78, 5) is 44.6. The molecule has 1 saturated heterocycles. The minimum absolute atomic E-state index is 0.0175. The Labute approximate surface area is 186 Å². The van der Waals surface area contributed by atoms with Gasteiger partial charge in [-0.05, 0) is 30.7 Å². The second-order valence-electron chi connectivity index (χ2n) is 8.95. The lowest BCUT2D eigenvalue weighted by atomic mass is 9.80. The summed E-state index contributed by atoms with van der Waals surface area (Å²) in [7, 11) is 1.63. The number of nitrogens with zero attached hydrogens (tertiary/aromatic N) is 4. The molecule has 7 nitrogen and oxygen atoms in total. The van der Waals surface area contributed by atoms with Gasteiger partial charge in [-0.3, -0.25) is 19.0 Å². The monoisotopic (exact) mass is 430 g/mol. The number of fused-ring (bicyclic) bond motifs is 1. The number of carbonyl (C=O) groups excluding carboxylic acids is 1. The first-order valence-corrected chi connectivity index (χ1v) is 11.1. The number of carbonyl (C=O) groups is 1. The highest BCUT2D eigenvalue weighted by Crippen LogP contribution is 2.40. The van der Waals surface area contributed by atoms with Gasteiger partial charge < -0.3 is 9.47 Å². The van der Waals surface area contributed by atoms with Gasteiger partial charge >= 0.3 is 0 Å². The lowest BCUT2D eigenvalue weighted by Crippen LogP contribution is -2.35. The largest absolute Gasteiger partial charge is 0.337 e. The van der Waals surface area contributed by atoms with Crippen molar-refractivity contribution in [3.05, 3.63) is 86.8 Å². The zero-order valence-electron chi connectivity index (χ0n) is 18.2. The molecule has 0 saturated carbocycles. The topological polar surface area (TPSA) is 77.2 Å². The van der Waals surface area contributed by atoms with Crippen molar-refractivity contribution in [2.45, 2.75) is 32.2 Å². The van der Waals surface area contributed by atoms with Crippen LogP contribution in [-0.2, 0) is 20.0 Å². The molecule has 1 fully saturated rings. The van der Waals surface area contributed by atoms with Crippen LogP contribution in [0.5, 0.6) is 0 Å². The van der Waals surface area contributed by atoms with Crippen LogP contribution in [0.4, 0.5) is 0 Å². The van der Waals surface area contributed by atoms with Gasteiger partial charge in [0.1, 0.15) is 11.5 Å². The van der Waals surface area contributed by atoms with Gasteiger partial charge in [-0.2, -0.15) is 0 Å². The van der Waals surface area contributed by atoms with E-state index in [1.807, 2.05) is 35.2 Å². The van der Waals surface area contributed by atoms with Crippen LogP contribution in [0.1, 0.15) is 35.6 Å². The van der Waals surface area contributed by atoms with Gasteiger partial charge in [0, 0.05) is 50.8 Å². The van der Waals surface area contributed by atoms with Crippen LogP contribution >= 0.6 is 0 Å². The van der Waals surface area contributed by atoms with Crippen molar-refractivity contribution in [3.63, 3.8) is 0 Å². The molecule has 0 radical (unpaired) electrons. The quantitative estimate of drug-likeness (QED) is 0.626. The SMILES string of the molecule is Cn1c(C(=O)N2CCC3(CCc4nc(-c5ccccc5)cc(=O)n4CC3)C2)cccc1=O. The summed E-state index contributed by atoms with van der Waals surface area (Å²) < 4.78 is 3.21. The molecular weight excluding hydrogens is 404 g/mol. The predicted octanol–water partition coefficient (Wildman–Crippen LogP) is 2.48. The zero-order chi connectivity index (χ0) is 22.3. The Bertz CT molecular complexity index is 1290. The zero-order valence-corrected chi connectivity index (χ0v) is 18.2. The number of likely N-dealkylation sites (tertiary alicyclic amines) is 1. The van der Waals surface area contributed by atoms with Crippen LogP contribution in [0, 0.1) is 5.41 Å². The Morgan fingerprint density at radius 3 is 2.53 bits per heavy atom. The molecule has 32 heavy (non-hydrogen) atoms. The van der Waals surface area contributed by atoms with E-state index in [4.69, 9.17) is 4.98 Å². The number of rotatable bonds is 2. The van der Waals surface area contributed by atoms with Gasteiger partial charge in [0.15, 0.2) is 0 Å². The Kier molecular flexibility index (Phi) is 5.04. The highest BCUT2D eigenvalue weighted by molar-refractivity contribution is 5.92. The van der Waals surface area contributed by atoms with Crippen molar-refractivity contribution < 1.29 is 4.79 Å². The van der Waals surface area contributed by atoms with Gasteiger partial charge in [0.2, 0.25) is 0 Å². The number of amides is 1. The summed E-state index contributed by atoms with van der Waals surface area (Å²) in [5.74, 6) is 0.717.